The lowest BCUT2D eigenvalue weighted by molar-refractivity contribution is 0.0961. The first-order valence-corrected chi connectivity index (χ1v) is 7.04. The van der Waals surface area contributed by atoms with E-state index < -0.39 is 0 Å². The van der Waals surface area contributed by atoms with Crippen molar-refractivity contribution >= 4 is 11.3 Å². The van der Waals surface area contributed by atoms with Crippen molar-refractivity contribution in [3.63, 3.8) is 0 Å². The molecule has 1 heterocycles. The molecule has 1 rings (SSSR count). The Labute approximate surface area is 109 Å². The van der Waals surface area contributed by atoms with E-state index in [1.54, 1.807) is 0 Å². The molecule has 0 aliphatic rings. The van der Waals surface area contributed by atoms with Crippen LogP contribution in [0, 0.1) is 12.3 Å². The van der Waals surface area contributed by atoms with E-state index in [0.29, 0.717) is 5.41 Å². The lowest BCUT2D eigenvalue weighted by Crippen LogP contribution is -2.09. The average Bonchev–Trinajstić information content (AvgIpc) is 2.53. The standard InChI is InChI=1S/C14H25NOS/c1-11-12(8-13(17-11)9-15-5)10-16-7-6-14(2,3)4/h8,15H,6-7,9-10H2,1-5H3. The van der Waals surface area contributed by atoms with Crippen molar-refractivity contribution in [1.29, 1.82) is 0 Å². The molecule has 0 radical (unpaired) electrons. The summed E-state index contributed by atoms with van der Waals surface area (Å²) in [4.78, 5) is 2.77. The maximum atomic E-state index is 5.75. The Morgan fingerprint density at radius 3 is 2.65 bits per heavy atom. The zero-order valence-electron chi connectivity index (χ0n) is 11.7. The van der Waals surface area contributed by atoms with E-state index in [2.05, 4.69) is 39.1 Å². The molecule has 17 heavy (non-hydrogen) atoms. The minimum Gasteiger partial charge on any atom is -0.377 e. The summed E-state index contributed by atoms with van der Waals surface area (Å²) in [5.41, 5.74) is 1.70. The average molecular weight is 255 g/mol. The quantitative estimate of drug-likeness (QED) is 0.782. The molecule has 1 aromatic rings. The highest BCUT2D eigenvalue weighted by molar-refractivity contribution is 7.12. The highest BCUT2D eigenvalue weighted by atomic mass is 32.1. The van der Waals surface area contributed by atoms with Gasteiger partial charge in [0.1, 0.15) is 0 Å². The Morgan fingerprint density at radius 1 is 1.35 bits per heavy atom. The summed E-state index contributed by atoms with van der Waals surface area (Å²) >= 11 is 1.86. The van der Waals surface area contributed by atoms with Gasteiger partial charge in [-0.25, -0.2) is 0 Å². The van der Waals surface area contributed by atoms with Crippen LogP contribution < -0.4 is 5.32 Å². The summed E-state index contributed by atoms with van der Waals surface area (Å²) in [6.45, 7) is 11.5. The monoisotopic (exact) mass is 255 g/mol. The summed E-state index contributed by atoms with van der Waals surface area (Å²) in [5, 5.41) is 3.18. The summed E-state index contributed by atoms with van der Waals surface area (Å²) in [5.74, 6) is 0. The van der Waals surface area contributed by atoms with E-state index >= 15 is 0 Å². The van der Waals surface area contributed by atoms with Gasteiger partial charge < -0.3 is 10.1 Å². The first-order chi connectivity index (χ1) is 7.92. The smallest absolute Gasteiger partial charge is 0.0727 e. The van der Waals surface area contributed by atoms with Crippen molar-refractivity contribution in [3.05, 3.63) is 21.4 Å². The largest absolute Gasteiger partial charge is 0.377 e. The van der Waals surface area contributed by atoms with Gasteiger partial charge >= 0.3 is 0 Å². The molecule has 98 valence electrons. The van der Waals surface area contributed by atoms with Crippen molar-refractivity contribution in [2.45, 2.75) is 47.3 Å². The SMILES string of the molecule is CNCc1cc(COCCC(C)(C)C)c(C)s1. The molecule has 0 aliphatic carbocycles. The van der Waals surface area contributed by atoms with Gasteiger partial charge in [-0.05, 0) is 37.4 Å². The lowest BCUT2D eigenvalue weighted by atomic mass is 9.93. The van der Waals surface area contributed by atoms with Gasteiger partial charge in [0.25, 0.3) is 0 Å². The lowest BCUT2D eigenvalue weighted by Gasteiger charge is -2.17. The van der Waals surface area contributed by atoms with Gasteiger partial charge in [0.2, 0.25) is 0 Å². The second-order valence-corrected chi connectivity index (χ2v) is 7.03. The highest BCUT2D eigenvalue weighted by Crippen LogP contribution is 2.23. The number of aryl methyl sites for hydroxylation is 1. The molecule has 0 aromatic carbocycles. The van der Waals surface area contributed by atoms with Gasteiger partial charge in [-0.1, -0.05) is 20.8 Å². The molecule has 3 heteroatoms. The van der Waals surface area contributed by atoms with Gasteiger partial charge in [-0.3, -0.25) is 0 Å². The molecular formula is C14H25NOS. The van der Waals surface area contributed by atoms with Crippen molar-refractivity contribution in [1.82, 2.24) is 5.32 Å². The molecule has 0 saturated heterocycles. The minimum absolute atomic E-state index is 0.362. The summed E-state index contributed by atoms with van der Waals surface area (Å²) in [7, 11) is 1.98. The minimum atomic E-state index is 0.362. The Bertz CT molecular complexity index is 338. The number of hydrogen-bond donors (Lipinski definition) is 1. The van der Waals surface area contributed by atoms with E-state index in [1.807, 2.05) is 18.4 Å². The Morgan fingerprint density at radius 2 is 2.06 bits per heavy atom. The van der Waals surface area contributed by atoms with Crippen LogP contribution in [0.3, 0.4) is 0 Å². The maximum absolute atomic E-state index is 5.75. The first kappa shape index (κ1) is 14.7. The van der Waals surface area contributed by atoms with Crippen LogP contribution in [0.15, 0.2) is 6.07 Å². The number of nitrogens with one attached hydrogen (secondary N) is 1. The van der Waals surface area contributed by atoms with Crippen LogP contribution >= 0.6 is 11.3 Å². The molecule has 0 amide bonds. The zero-order chi connectivity index (χ0) is 12.9. The molecule has 1 aromatic heterocycles. The maximum Gasteiger partial charge on any atom is 0.0727 e. The van der Waals surface area contributed by atoms with E-state index in [9.17, 15) is 0 Å². The number of rotatable bonds is 6. The van der Waals surface area contributed by atoms with Gasteiger partial charge in [0, 0.05) is 22.9 Å². The molecule has 0 aliphatic heterocycles. The number of hydrogen-bond acceptors (Lipinski definition) is 3. The Kier molecular flexibility index (Phi) is 5.63. The van der Waals surface area contributed by atoms with Crippen LogP contribution in [0.1, 0.15) is 42.5 Å². The van der Waals surface area contributed by atoms with Gasteiger partial charge in [0.05, 0.1) is 6.61 Å². The van der Waals surface area contributed by atoms with Crippen molar-refractivity contribution in [2.75, 3.05) is 13.7 Å². The van der Waals surface area contributed by atoms with Crippen LogP contribution in [-0.2, 0) is 17.9 Å². The topological polar surface area (TPSA) is 21.3 Å². The molecule has 0 unspecified atom stereocenters. The fourth-order valence-corrected chi connectivity index (χ4v) is 2.61. The molecule has 0 atom stereocenters. The second-order valence-electron chi connectivity index (χ2n) is 5.69. The molecule has 0 spiro atoms. The van der Waals surface area contributed by atoms with Gasteiger partial charge in [-0.15, -0.1) is 11.3 Å². The van der Waals surface area contributed by atoms with Crippen molar-refractivity contribution in [3.8, 4) is 0 Å². The van der Waals surface area contributed by atoms with E-state index in [-0.39, 0.29) is 0 Å². The summed E-state index contributed by atoms with van der Waals surface area (Å²) < 4.78 is 5.75. The van der Waals surface area contributed by atoms with E-state index in [0.717, 1.165) is 26.2 Å². The predicted octanol–water partition coefficient (Wildman–Crippen LogP) is 3.73. The highest BCUT2D eigenvalue weighted by Gasteiger charge is 2.10. The number of thiophene rings is 1. The predicted molar refractivity (Wildman–Crippen MR) is 75.5 cm³/mol. The fourth-order valence-electron chi connectivity index (χ4n) is 1.55. The molecule has 0 bridgehead atoms. The van der Waals surface area contributed by atoms with Gasteiger partial charge in [0.15, 0.2) is 0 Å². The van der Waals surface area contributed by atoms with Crippen LogP contribution in [0.25, 0.3) is 0 Å². The molecule has 0 fully saturated rings. The van der Waals surface area contributed by atoms with E-state index in [1.165, 1.54) is 15.3 Å². The van der Waals surface area contributed by atoms with Crippen LogP contribution in [0.4, 0.5) is 0 Å². The fraction of sp³-hybridized carbons (Fsp3) is 0.714. The zero-order valence-corrected chi connectivity index (χ0v) is 12.5. The van der Waals surface area contributed by atoms with E-state index in [4.69, 9.17) is 4.74 Å². The summed E-state index contributed by atoms with van der Waals surface area (Å²) in [6.07, 6.45) is 1.11. The summed E-state index contributed by atoms with van der Waals surface area (Å²) in [6, 6.07) is 2.26. The molecule has 0 saturated carbocycles. The molecule has 2 nitrogen and oxygen atoms in total. The van der Waals surface area contributed by atoms with Gasteiger partial charge in [-0.2, -0.15) is 0 Å². The molecule has 1 N–H and O–H groups in total. The third kappa shape index (κ3) is 5.66. The Balaban J connectivity index is 2.36. The third-order valence-corrected chi connectivity index (χ3v) is 3.77. The number of ether oxygens (including phenoxy) is 1. The Hall–Kier alpha value is -0.380. The first-order valence-electron chi connectivity index (χ1n) is 6.23. The second kappa shape index (κ2) is 6.53. The normalized spacial score (nSPS) is 12.1. The van der Waals surface area contributed by atoms with Crippen LogP contribution in [0.2, 0.25) is 0 Å². The van der Waals surface area contributed by atoms with Crippen LogP contribution in [0.5, 0.6) is 0 Å². The van der Waals surface area contributed by atoms with Crippen LogP contribution in [-0.4, -0.2) is 13.7 Å². The van der Waals surface area contributed by atoms with Crippen molar-refractivity contribution in [2.24, 2.45) is 5.41 Å². The third-order valence-electron chi connectivity index (χ3n) is 2.68. The molecular weight excluding hydrogens is 230 g/mol. The van der Waals surface area contributed by atoms with Crippen molar-refractivity contribution < 1.29 is 4.74 Å².